The number of aliphatic carboxylic acids is 1. The maximum absolute atomic E-state index is 13.3. The predicted molar refractivity (Wildman–Crippen MR) is 189 cm³/mol. The van der Waals surface area contributed by atoms with Crippen LogP contribution in [0.5, 0.6) is 5.75 Å². The van der Waals surface area contributed by atoms with Crippen molar-refractivity contribution in [2.24, 2.45) is 0 Å². The highest BCUT2D eigenvalue weighted by Gasteiger charge is 2.52. The van der Waals surface area contributed by atoms with Gasteiger partial charge < -0.3 is 30.5 Å². The van der Waals surface area contributed by atoms with Gasteiger partial charge in [0, 0.05) is 42.2 Å². The number of carboxylic acid groups (broad SMARTS) is 1. The predicted octanol–water partition coefficient (Wildman–Crippen LogP) is 1.78. The molecule has 0 spiro atoms. The fourth-order valence-corrected chi connectivity index (χ4v) is 9.18. The Balaban J connectivity index is 0.940. The molecule has 0 aliphatic carbocycles. The van der Waals surface area contributed by atoms with Crippen molar-refractivity contribution in [1.82, 2.24) is 20.1 Å². The van der Waals surface area contributed by atoms with E-state index in [2.05, 4.69) is 15.6 Å². The van der Waals surface area contributed by atoms with Crippen molar-refractivity contribution >= 4 is 80.4 Å². The van der Waals surface area contributed by atoms with E-state index in [0.717, 1.165) is 25.0 Å². The van der Waals surface area contributed by atoms with Crippen molar-refractivity contribution in [2.75, 3.05) is 23.4 Å². The normalized spacial score (nSPS) is 19.3. The Kier molecular flexibility index (Phi) is 9.79. The molecule has 2 aromatic heterocycles. The first-order valence-corrected chi connectivity index (χ1v) is 18.7. The smallest absolute Gasteiger partial charge is 0.290 e. The van der Waals surface area contributed by atoms with E-state index in [1.807, 2.05) is 36.4 Å². The number of carbonyl (C=O) groups excluding carboxylic acids is 5. The third-order valence-corrected chi connectivity index (χ3v) is 12.0. The summed E-state index contributed by atoms with van der Waals surface area (Å²) in [6, 6.07) is 16.6. The highest BCUT2D eigenvalue weighted by molar-refractivity contribution is 8.01. The number of likely N-dealkylation sites (tertiary alicyclic amines) is 1. The molecule has 7 rings (SSSR count). The number of nitrogens with one attached hydrogen (secondary N) is 2. The Morgan fingerprint density at radius 1 is 1.06 bits per heavy atom. The number of aromatic nitrogens is 2. The van der Waals surface area contributed by atoms with Crippen LogP contribution in [0.1, 0.15) is 12.0 Å². The Morgan fingerprint density at radius 2 is 1.82 bits per heavy atom. The molecule has 0 saturated carbocycles. The molecule has 3 aliphatic heterocycles. The van der Waals surface area contributed by atoms with E-state index in [-0.39, 0.29) is 47.2 Å². The Morgan fingerprint density at radius 3 is 2.57 bits per heavy atom. The summed E-state index contributed by atoms with van der Waals surface area (Å²) in [5.74, 6) is -2.50. The highest BCUT2D eigenvalue weighted by atomic mass is 32.2. The minimum Gasteiger partial charge on any atom is -0.543 e. The van der Waals surface area contributed by atoms with Gasteiger partial charge in [-0.15, -0.1) is 23.1 Å². The third kappa shape index (κ3) is 7.48. The van der Waals surface area contributed by atoms with Gasteiger partial charge in [-0.25, -0.2) is 4.98 Å². The number of benzene rings is 2. The van der Waals surface area contributed by atoms with Crippen molar-refractivity contribution in [3.63, 3.8) is 0 Å². The molecule has 2 saturated heterocycles. The number of aromatic hydroxyl groups is 1. The molecule has 2 fully saturated rings. The monoisotopic (exact) mass is 742 g/mol. The van der Waals surface area contributed by atoms with Crippen molar-refractivity contribution < 1.29 is 38.8 Å². The zero-order valence-corrected chi connectivity index (χ0v) is 29.3. The summed E-state index contributed by atoms with van der Waals surface area (Å²) in [6.07, 6.45) is 5.45. The average Bonchev–Trinajstić information content (AvgIpc) is 3.70. The highest BCUT2D eigenvalue weighted by Crippen LogP contribution is 2.41. The fourth-order valence-electron chi connectivity index (χ4n) is 5.99. The Labute approximate surface area is 304 Å². The molecule has 0 bridgehead atoms. The summed E-state index contributed by atoms with van der Waals surface area (Å²) in [5, 5.41) is 26.6. The van der Waals surface area contributed by atoms with E-state index in [9.17, 15) is 34.2 Å². The molecule has 51 heavy (non-hydrogen) atoms. The lowest BCUT2D eigenvalue weighted by molar-refractivity contribution is -0.684. The molecule has 2 aromatic carbocycles. The minimum absolute atomic E-state index is 0.0579. The number of anilines is 1. The van der Waals surface area contributed by atoms with Gasteiger partial charge in [-0.1, -0.05) is 23.9 Å². The molecular weight excluding hydrogens is 713 g/mol. The number of fused-ring (bicyclic) bond motifs is 2. The number of para-hydroxylation sites is 1. The largest absolute Gasteiger partial charge is 0.543 e. The van der Waals surface area contributed by atoms with Crippen LogP contribution in [0.15, 0.2) is 100 Å². The maximum Gasteiger partial charge on any atom is 0.290 e. The first-order chi connectivity index (χ1) is 24.6. The summed E-state index contributed by atoms with van der Waals surface area (Å²) in [4.78, 5) is 71.2. The van der Waals surface area contributed by atoms with E-state index >= 15 is 0 Å². The lowest BCUT2D eigenvalue weighted by Gasteiger charge is -2.50. The summed E-state index contributed by atoms with van der Waals surface area (Å²) in [6.45, 7) is 0.829. The topological polar surface area (TPSA) is 176 Å². The number of phenols is 1. The first-order valence-electron chi connectivity index (χ1n) is 15.9. The summed E-state index contributed by atoms with van der Waals surface area (Å²) >= 11 is 4.08. The fraction of sp³-hybridized carbons (Fsp3) is 0.229. The number of pyridine rings is 1. The van der Waals surface area contributed by atoms with Crippen LogP contribution in [0.4, 0.5) is 5.69 Å². The number of allylic oxidation sites excluding steroid dienone is 1. The molecule has 13 nitrogen and oxygen atoms in total. The van der Waals surface area contributed by atoms with Gasteiger partial charge in [0.1, 0.15) is 17.2 Å². The zero-order valence-electron chi connectivity index (χ0n) is 26.8. The number of rotatable bonds is 11. The summed E-state index contributed by atoms with van der Waals surface area (Å²) in [5.41, 5.74) is 2.74. The average molecular weight is 743 g/mol. The Hall–Kier alpha value is -5.19. The third-order valence-electron chi connectivity index (χ3n) is 8.48. The van der Waals surface area contributed by atoms with E-state index in [1.165, 1.54) is 47.0 Å². The number of carbonyl (C=O) groups is 5. The van der Waals surface area contributed by atoms with Crippen molar-refractivity contribution in [3.05, 3.63) is 102 Å². The number of β-lactam (4-membered cyclic amide) rings is 1. The van der Waals surface area contributed by atoms with Gasteiger partial charge in [-0.3, -0.25) is 24.1 Å². The van der Waals surface area contributed by atoms with Gasteiger partial charge in [0.2, 0.25) is 18.4 Å². The van der Waals surface area contributed by atoms with E-state index in [4.69, 9.17) is 0 Å². The SMILES string of the molecule is O=C(C[n+]1ccc(CN2CCC(=CC3=C(C(=O)[O-])N4C(=O)[C@@H](NC(=O)CSc5nc6ccccc6s5)[C@H]4SC3)C2=O)cc1)Nc1ccc(O)cc1. The van der Waals surface area contributed by atoms with Crippen LogP contribution in [-0.4, -0.2) is 79.0 Å². The van der Waals surface area contributed by atoms with Gasteiger partial charge in [0.05, 0.1) is 27.6 Å². The van der Waals surface area contributed by atoms with Crippen LogP contribution in [-0.2, 0) is 37.1 Å². The van der Waals surface area contributed by atoms with Gasteiger partial charge in [0.25, 0.3) is 11.8 Å². The maximum atomic E-state index is 13.3. The first kappa shape index (κ1) is 34.3. The van der Waals surface area contributed by atoms with Crippen LogP contribution in [0.2, 0.25) is 0 Å². The van der Waals surface area contributed by atoms with E-state index in [1.54, 1.807) is 40.1 Å². The quantitative estimate of drug-likeness (QED) is 0.0676. The van der Waals surface area contributed by atoms with Gasteiger partial charge in [0.15, 0.2) is 16.7 Å². The molecule has 5 heterocycles. The molecule has 4 amide bonds. The van der Waals surface area contributed by atoms with Crippen molar-refractivity contribution in [3.8, 4) is 5.75 Å². The summed E-state index contributed by atoms with van der Waals surface area (Å²) in [7, 11) is 0. The molecule has 4 aromatic rings. The molecule has 0 radical (unpaired) electrons. The summed E-state index contributed by atoms with van der Waals surface area (Å²) < 4.78 is 3.45. The molecule has 2 atom stereocenters. The second-order valence-electron chi connectivity index (χ2n) is 12.0. The zero-order chi connectivity index (χ0) is 35.6. The second-order valence-corrected chi connectivity index (χ2v) is 15.3. The number of nitrogens with zero attached hydrogens (tertiary/aromatic N) is 4. The van der Waals surface area contributed by atoms with Crippen molar-refractivity contribution in [1.29, 1.82) is 0 Å². The number of amides is 4. The van der Waals surface area contributed by atoms with Gasteiger partial charge in [-0.05, 0) is 60.0 Å². The molecule has 0 unspecified atom stereocenters. The van der Waals surface area contributed by atoms with Crippen LogP contribution in [0, 0.1) is 0 Å². The molecular formula is C35H30N6O7S3. The van der Waals surface area contributed by atoms with Crippen LogP contribution in [0.3, 0.4) is 0 Å². The van der Waals surface area contributed by atoms with Crippen molar-refractivity contribution in [2.45, 2.75) is 35.3 Å². The molecule has 3 aliphatic rings. The second kappa shape index (κ2) is 14.6. The van der Waals surface area contributed by atoms with Gasteiger partial charge >= 0.3 is 0 Å². The lowest BCUT2D eigenvalue weighted by Crippen LogP contribution is -2.71. The van der Waals surface area contributed by atoms with Gasteiger partial charge in [-0.2, -0.15) is 4.57 Å². The van der Waals surface area contributed by atoms with Crippen LogP contribution >= 0.6 is 34.9 Å². The number of hydrogen-bond acceptors (Lipinski definition) is 11. The molecule has 3 N–H and O–H groups in total. The standard InChI is InChI=1S/C35H30N6O7S3/c42-24-7-5-23(6-8-24)36-27(43)17-39-12-9-20(10-13-39)16-40-14-11-21(31(40)45)15-22-18-49-33-29(32(46)41(33)30(22)34(47)48)38-28(44)19-50-35-37-25-3-1-2-4-26(25)51-35/h1-10,12-13,15,29,33H,11,14,16-19H2,(H3-,36,38,42,43,44,47,48)/t29-,33-/m1/s1. The number of carboxylic acids is 1. The number of hydrogen-bond donors (Lipinski definition) is 3. The van der Waals surface area contributed by atoms with E-state index < -0.39 is 23.3 Å². The van der Waals surface area contributed by atoms with Crippen LogP contribution in [0.25, 0.3) is 10.2 Å². The lowest BCUT2D eigenvalue weighted by atomic mass is 10.0. The number of phenolic OH excluding ortho intramolecular Hbond substituents is 1. The number of thioether (sulfide) groups is 2. The number of thiazole rings is 1. The van der Waals surface area contributed by atoms with Crippen LogP contribution < -0.4 is 20.3 Å². The minimum atomic E-state index is -1.52. The Bertz CT molecular complexity index is 2080. The molecule has 16 heteroatoms. The molecule has 260 valence electrons. The van der Waals surface area contributed by atoms with E-state index in [0.29, 0.717) is 36.3 Å².